The summed E-state index contributed by atoms with van der Waals surface area (Å²) in [5.74, 6) is 0.681. The number of fused-ring (bicyclic) bond motifs is 1. The number of aryl methyl sites for hydroxylation is 2. The average Bonchev–Trinajstić information content (AvgIpc) is 2.92. The second-order valence-corrected chi connectivity index (χ2v) is 5.51. The normalized spacial score (nSPS) is 12.5. The van der Waals surface area contributed by atoms with Gasteiger partial charge in [0.2, 0.25) is 0 Å². The number of nitrogens with one attached hydrogen (secondary N) is 1. The van der Waals surface area contributed by atoms with Crippen molar-refractivity contribution in [2.75, 3.05) is 11.9 Å². The average molecular weight is 297 g/mol. The van der Waals surface area contributed by atoms with Crippen molar-refractivity contribution in [2.24, 2.45) is 0 Å². The molecule has 0 saturated carbocycles. The summed E-state index contributed by atoms with van der Waals surface area (Å²) < 4.78 is 1.80. The summed E-state index contributed by atoms with van der Waals surface area (Å²) in [6.45, 7) is 6.32. The van der Waals surface area contributed by atoms with E-state index in [4.69, 9.17) is 0 Å². The van der Waals surface area contributed by atoms with Crippen LogP contribution in [0.2, 0.25) is 0 Å². The van der Waals surface area contributed by atoms with Crippen molar-refractivity contribution in [3.8, 4) is 5.69 Å². The molecule has 22 heavy (non-hydrogen) atoms. The number of aliphatic hydroxyl groups is 1. The standard InChI is InChI=1S/C16H19N5O/c1-10-4-5-13(6-11(10)2)21-16-14(8-20-21)15(18-9-19-16)17-7-12(3)22/h4-6,8-9,12,22H,7H2,1-3H3,(H,17,18,19). The third-order valence-corrected chi connectivity index (χ3v) is 3.67. The van der Waals surface area contributed by atoms with Crippen molar-refractivity contribution in [3.05, 3.63) is 41.9 Å². The molecular weight excluding hydrogens is 278 g/mol. The van der Waals surface area contributed by atoms with E-state index in [0.29, 0.717) is 12.4 Å². The van der Waals surface area contributed by atoms with Crippen molar-refractivity contribution in [2.45, 2.75) is 26.9 Å². The summed E-state index contributed by atoms with van der Waals surface area (Å²) in [4.78, 5) is 8.58. The second kappa shape index (κ2) is 5.73. The maximum Gasteiger partial charge on any atom is 0.168 e. The molecule has 0 aliphatic carbocycles. The molecule has 0 radical (unpaired) electrons. The van der Waals surface area contributed by atoms with Gasteiger partial charge in [-0.2, -0.15) is 5.10 Å². The van der Waals surface area contributed by atoms with Crippen molar-refractivity contribution < 1.29 is 5.11 Å². The lowest BCUT2D eigenvalue weighted by Gasteiger charge is -2.09. The molecule has 0 aliphatic rings. The summed E-state index contributed by atoms with van der Waals surface area (Å²) in [6.07, 6.45) is 2.81. The predicted octanol–water partition coefficient (Wildman–Crippen LogP) is 2.23. The fourth-order valence-corrected chi connectivity index (χ4v) is 2.28. The van der Waals surface area contributed by atoms with E-state index in [1.165, 1.54) is 17.5 Å². The Morgan fingerprint density at radius 1 is 1.23 bits per heavy atom. The van der Waals surface area contributed by atoms with E-state index in [2.05, 4.69) is 46.4 Å². The molecule has 0 saturated heterocycles. The molecule has 0 aliphatic heterocycles. The highest BCUT2D eigenvalue weighted by atomic mass is 16.3. The Hall–Kier alpha value is -2.47. The van der Waals surface area contributed by atoms with Crippen LogP contribution in [0.25, 0.3) is 16.7 Å². The van der Waals surface area contributed by atoms with Crippen LogP contribution in [0.4, 0.5) is 5.82 Å². The first-order valence-corrected chi connectivity index (χ1v) is 7.24. The summed E-state index contributed by atoms with van der Waals surface area (Å²) in [7, 11) is 0. The van der Waals surface area contributed by atoms with Gasteiger partial charge < -0.3 is 10.4 Å². The summed E-state index contributed by atoms with van der Waals surface area (Å²) in [5, 5.41) is 17.8. The SMILES string of the molecule is Cc1ccc(-n2ncc3c(NCC(C)O)ncnc32)cc1C. The fraction of sp³-hybridized carbons (Fsp3) is 0.312. The molecule has 114 valence electrons. The van der Waals surface area contributed by atoms with Gasteiger partial charge in [-0.15, -0.1) is 0 Å². The van der Waals surface area contributed by atoms with Crippen molar-refractivity contribution in [1.29, 1.82) is 0 Å². The number of benzene rings is 1. The maximum absolute atomic E-state index is 9.40. The number of hydrogen-bond acceptors (Lipinski definition) is 5. The summed E-state index contributed by atoms with van der Waals surface area (Å²) in [5.41, 5.74) is 4.17. The number of nitrogens with zero attached hydrogens (tertiary/aromatic N) is 4. The zero-order valence-electron chi connectivity index (χ0n) is 12.9. The van der Waals surface area contributed by atoms with Gasteiger partial charge in [-0.25, -0.2) is 14.6 Å². The van der Waals surface area contributed by atoms with Gasteiger partial charge in [-0.3, -0.25) is 0 Å². The molecule has 2 aromatic heterocycles. The van der Waals surface area contributed by atoms with E-state index < -0.39 is 6.10 Å². The van der Waals surface area contributed by atoms with E-state index in [1.807, 2.05) is 6.07 Å². The van der Waals surface area contributed by atoms with E-state index in [0.717, 1.165) is 16.7 Å². The van der Waals surface area contributed by atoms with E-state index in [9.17, 15) is 5.11 Å². The highest BCUT2D eigenvalue weighted by Crippen LogP contribution is 2.22. The lowest BCUT2D eigenvalue weighted by molar-refractivity contribution is 0.208. The van der Waals surface area contributed by atoms with Crippen LogP contribution in [0.15, 0.2) is 30.7 Å². The van der Waals surface area contributed by atoms with Gasteiger partial charge in [0.15, 0.2) is 5.65 Å². The first-order chi connectivity index (χ1) is 10.6. The lowest BCUT2D eigenvalue weighted by atomic mass is 10.1. The van der Waals surface area contributed by atoms with Crippen LogP contribution < -0.4 is 5.32 Å². The Labute approximate surface area is 128 Å². The van der Waals surface area contributed by atoms with Crippen LogP contribution in [0.3, 0.4) is 0 Å². The number of hydrogen-bond donors (Lipinski definition) is 2. The summed E-state index contributed by atoms with van der Waals surface area (Å²) in [6, 6.07) is 6.19. The number of aliphatic hydroxyl groups excluding tert-OH is 1. The molecule has 0 fully saturated rings. The zero-order chi connectivity index (χ0) is 15.7. The van der Waals surface area contributed by atoms with Gasteiger partial charge in [0.05, 0.1) is 23.4 Å². The van der Waals surface area contributed by atoms with Crippen LogP contribution in [-0.4, -0.2) is 37.5 Å². The molecule has 1 unspecified atom stereocenters. The minimum atomic E-state index is -0.445. The monoisotopic (exact) mass is 297 g/mol. The number of aromatic nitrogens is 4. The van der Waals surface area contributed by atoms with Crippen LogP contribution in [0.5, 0.6) is 0 Å². The highest BCUT2D eigenvalue weighted by Gasteiger charge is 2.11. The van der Waals surface area contributed by atoms with Crippen LogP contribution in [-0.2, 0) is 0 Å². The Morgan fingerprint density at radius 3 is 2.77 bits per heavy atom. The van der Waals surface area contributed by atoms with Gasteiger partial charge in [0.25, 0.3) is 0 Å². The van der Waals surface area contributed by atoms with Gasteiger partial charge in [-0.1, -0.05) is 6.07 Å². The maximum atomic E-state index is 9.40. The minimum absolute atomic E-state index is 0.431. The van der Waals surface area contributed by atoms with Crippen LogP contribution >= 0.6 is 0 Å². The number of rotatable bonds is 4. The first kappa shape index (κ1) is 14.5. The molecule has 1 atom stereocenters. The molecule has 0 spiro atoms. The Kier molecular flexibility index (Phi) is 3.77. The first-order valence-electron chi connectivity index (χ1n) is 7.24. The molecule has 2 heterocycles. The highest BCUT2D eigenvalue weighted by molar-refractivity contribution is 5.87. The summed E-state index contributed by atoms with van der Waals surface area (Å²) >= 11 is 0. The molecule has 6 nitrogen and oxygen atoms in total. The molecule has 1 aromatic carbocycles. The molecule has 2 N–H and O–H groups in total. The van der Waals surface area contributed by atoms with E-state index in [1.54, 1.807) is 17.8 Å². The van der Waals surface area contributed by atoms with Gasteiger partial charge in [-0.05, 0) is 44.0 Å². The molecule has 6 heteroatoms. The quantitative estimate of drug-likeness (QED) is 0.772. The van der Waals surface area contributed by atoms with Crippen molar-refractivity contribution in [3.63, 3.8) is 0 Å². The molecule has 3 aromatic rings. The van der Waals surface area contributed by atoms with Crippen molar-refractivity contribution in [1.82, 2.24) is 19.7 Å². The Balaban J connectivity index is 2.05. The molecule has 3 rings (SSSR count). The van der Waals surface area contributed by atoms with Gasteiger partial charge >= 0.3 is 0 Å². The predicted molar refractivity (Wildman–Crippen MR) is 86.3 cm³/mol. The lowest BCUT2D eigenvalue weighted by Crippen LogP contribution is -2.16. The van der Waals surface area contributed by atoms with E-state index in [-0.39, 0.29) is 0 Å². The van der Waals surface area contributed by atoms with Gasteiger partial charge in [0, 0.05) is 6.54 Å². The Bertz CT molecular complexity index is 809. The Morgan fingerprint density at radius 2 is 2.05 bits per heavy atom. The second-order valence-electron chi connectivity index (χ2n) is 5.51. The molecule has 0 bridgehead atoms. The number of anilines is 1. The van der Waals surface area contributed by atoms with E-state index >= 15 is 0 Å². The zero-order valence-corrected chi connectivity index (χ0v) is 12.9. The smallest absolute Gasteiger partial charge is 0.168 e. The topological polar surface area (TPSA) is 75.9 Å². The van der Waals surface area contributed by atoms with Crippen LogP contribution in [0, 0.1) is 13.8 Å². The van der Waals surface area contributed by atoms with Crippen molar-refractivity contribution >= 4 is 16.9 Å². The third-order valence-electron chi connectivity index (χ3n) is 3.67. The third kappa shape index (κ3) is 2.65. The largest absolute Gasteiger partial charge is 0.392 e. The minimum Gasteiger partial charge on any atom is -0.392 e. The van der Waals surface area contributed by atoms with Crippen LogP contribution in [0.1, 0.15) is 18.1 Å². The fourth-order valence-electron chi connectivity index (χ4n) is 2.28. The molecule has 0 amide bonds. The van der Waals surface area contributed by atoms with Gasteiger partial charge in [0.1, 0.15) is 12.1 Å². The molecular formula is C16H19N5O.